The van der Waals surface area contributed by atoms with E-state index in [0.29, 0.717) is 11.7 Å². The van der Waals surface area contributed by atoms with Crippen LogP contribution in [-0.4, -0.2) is 53.7 Å². The molecule has 2 rings (SSSR count). The monoisotopic (exact) mass is 263 g/mol. The fourth-order valence-corrected chi connectivity index (χ4v) is 2.43. The van der Waals surface area contributed by atoms with Crippen molar-refractivity contribution in [1.82, 2.24) is 9.88 Å². The van der Waals surface area contributed by atoms with Gasteiger partial charge in [0, 0.05) is 37.6 Å². The molecule has 1 aliphatic heterocycles. The third-order valence-electron chi connectivity index (χ3n) is 3.73. The first-order valence-corrected chi connectivity index (χ1v) is 6.54. The second-order valence-corrected chi connectivity index (χ2v) is 4.87. The first-order valence-electron chi connectivity index (χ1n) is 6.54. The average molecular weight is 263 g/mol. The van der Waals surface area contributed by atoms with Gasteiger partial charge in [-0.2, -0.15) is 0 Å². The van der Waals surface area contributed by atoms with Gasteiger partial charge in [0.2, 0.25) is 0 Å². The molecule has 0 saturated carbocycles. The van der Waals surface area contributed by atoms with Crippen molar-refractivity contribution < 1.29 is 5.21 Å². The van der Waals surface area contributed by atoms with Crippen LogP contribution in [-0.2, 0) is 0 Å². The highest BCUT2D eigenvalue weighted by Gasteiger charge is 2.23. The van der Waals surface area contributed by atoms with Gasteiger partial charge >= 0.3 is 0 Å². The summed E-state index contributed by atoms with van der Waals surface area (Å²) in [5.41, 5.74) is 7.16. The fraction of sp³-hybridized carbons (Fsp3) is 0.538. The number of pyridine rings is 1. The van der Waals surface area contributed by atoms with Crippen LogP contribution in [0.15, 0.2) is 23.5 Å². The van der Waals surface area contributed by atoms with Crippen LogP contribution in [0.2, 0.25) is 0 Å². The summed E-state index contributed by atoms with van der Waals surface area (Å²) in [5.74, 6) is 0.0445. The molecule has 1 aromatic heterocycles. The summed E-state index contributed by atoms with van der Waals surface area (Å²) >= 11 is 0. The van der Waals surface area contributed by atoms with Crippen LogP contribution < -0.4 is 10.6 Å². The van der Waals surface area contributed by atoms with Gasteiger partial charge in [0.1, 0.15) is 5.69 Å². The molecule has 0 bridgehead atoms. The molecular formula is C13H21N5O. The van der Waals surface area contributed by atoms with E-state index in [4.69, 9.17) is 10.9 Å². The van der Waals surface area contributed by atoms with E-state index < -0.39 is 0 Å². The van der Waals surface area contributed by atoms with Gasteiger partial charge < -0.3 is 15.8 Å². The van der Waals surface area contributed by atoms with Crippen molar-refractivity contribution >= 4 is 11.5 Å². The number of amidine groups is 1. The molecule has 1 aliphatic rings. The Morgan fingerprint density at radius 3 is 3.05 bits per heavy atom. The van der Waals surface area contributed by atoms with Crippen molar-refractivity contribution in [3.8, 4) is 0 Å². The quantitative estimate of drug-likeness (QED) is 0.363. The van der Waals surface area contributed by atoms with Crippen molar-refractivity contribution in [2.75, 3.05) is 31.6 Å². The molecule has 0 aliphatic carbocycles. The molecule has 6 nitrogen and oxygen atoms in total. The van der Waals surface area contributed by atoms with E-state index >= 15 is 0 Å². The minimum Gasteiger partial charge on any atom is -0.409 e. The molecule has 0 spiro atoms. The molecule has 0 radical (unpaired) electrons. The Morgan fingerprint density at radius 2 is 2.37 bits per heavy atom. The van der Waals surface area contributed by atoms with Crippen molar-refractivity contribution in [3.05, 3.63) is 24.0 Å². The topological polar surface area (TPSA) is 78.0 Å². The van der Waals surface area contributed by atoms with E-state index in [1.54, 1.807) is 6.20 Å². The molecule has 1 unspecified atom stereocenters. The smallest absolute Gasteiger partial charge is 0.188 e. The van der Waals surface area contributed by atoms with Gasteiger partial charge in [0.15, 0.2) is 5.84 Å². The summed E-state index contributed by atoms with van der Waals surface area (Å²) in [6.45, 7) is 5.22. The molecular weight excluding hydrogens is 242 g/mol. The number of piperazine rings is 1. The Balaban J connectivity index is 2.18. The van der Waals surface area contributed by atoms with Crippen LogP contribution in [0, 0.1) is 0 Å². The van der Waals surface area contributed by atoms with Crippen LogP contribution in [0.5, 0.6) is 0 Å². The molecule has 104 valence electrons. The van der Waals surface area contributed by atoms with Crippen molar-refractivity contribution in [1.29, 1.82) is 0 Å². The summed E-state index contributed by atoms with van der Waals surface area (Å²) in [6.07, 6.45) is 2.83. The second kappa shape index (κ2) is 5.88. The van der Waals surface area contributed by atoms with Gasteiger partial charge in [-0.05, 0) is 25.6 Å². The Bertz CT molecular complexity index is 462. The predicted octanol–water partition coefficient (Wildman–Crippen LogP) is 0.707. The van der Waals surface area contributed by atoms with E-state index in [0.717, 1.165) is 31.7 Å². The molecule has 6 heteroatoms. The second-order valence-electron chi connectivity index (χ2n) is 4.87. The van der Waals surface area contributed by atoms with Gasteiger partial charge in [-0.1, -0.05) is 12.1 Å². The normalized spacial score (nSPS) is 21.7. The zero-order valence-electron chi connectivity index (χ0n) is 11.5. The number of nitrogens with two attached hydrogens (primary N) is 1. The minimum atomic E-state index is 0.0445. The zero-order chi connectivity index (χ0) is 13.8. The Hall–Kier alpha value is -1.82. The minimum absolute atomic E-state index is 0.0445. The molecule has 1 aromatic rings. The number of aromatic nitrogens is 1. The molecule has 1 saturated heterocycles. The van der Waals surface area contributed by atoms with Crippen LogP contribution in [0.3, 0.4) is 0 Å². The first kappa shape index (κ1) is 13.6. The fourth-order valence-electron chi connectivity index (χ4n) is 2.43. The summed E-state index contributed by atoms with van der Waals surface area (Å²) in [5, 5.41) is 11.7. The van der Waals surface area contributed by atoms with Gasteiger partial charge in [0.05, 0.1) is 0 Å². The first-order chi connectivity index (χ1) is 9.15. The predicted molar refractivity (Wildman–Crippen MR) is 75.7 cm³/mol. The summed E-state index contributed by atoms with van der Waals surface area (Å²) < 4.78 is 0. The Kier molecular flexibility index (Phi) is 4.21. The number of nitrogens with zero attached hydrogens (tertiary/aromatic N) is 4. The average Bonchev–Trinajstić information content (AvgIpc) is 2.47. The number of rotatable bonds is 3. The molecule has 1 fully saturated rings. The maximum Gasteiger partial charge on any atom is 0.188 e. The lowest BCUT2D eigenvalue weighted by Crippen LogP contribution is -2.51. The summed E-state index contributed by atoms with van der Waals surface area (Å²) in [4.78, 5) is 8.82. The third-order valence-corrected chi connectivity index (χ3v) is 3.73. The van der Waals surface area contributed by atoms with Crippen molar-refractivity contribution in [2.24, 2.45) is 10.9 Å². The van der Waals surface area contributed by atoms with Gasteiger partial charge in [-0.3, -0.25) is 9.88 Å². The summed E-state index contributed by atoms with van der Waals surface area (Å²) in [7, 11) is 2.17. The lowest BCUT2D eigenvalue weighted by molar-refractivity contribution is 0.213. The number of anilines is 1. The SMILES string of the molecule is CCC1CN(c2ccnc(C(N)=NO)c2)CCN1C. The third kappa shape index (κ3) is 2.96. The lowest BCUT2D eigenvalue weighted by Gasteiger charge is -2.40. The lowest BCUT2D eigenvalue weighted by atomic mass is 10.1. The van der Waals surface area contributed by atoms with Crippen molar-refractivity contribution in [2.45, 2.75) is 19.4 Å². The number of likely N-dealkylation sites (N-methyl/N-ethyl adjacent to an activating group) is 1. The van der Waals surface area contributed by atoms with E-state index in [1.807, 2.05) is 12.1 Å². The van der Waals surface area contributed by atoms with E-state index in [2.05, 4.69) is 33.9 Å². The molecule has 0 aromatic carbocycles. The molecule has 2 heterocycles. The number of hydrogen-bond acceptors (Lipinski definition) is 5. The van der Waals surface area contributed by atoms with Gasteiger partial charge in [0.25, 0.3) is 0 Å². The maximum atomic E-state index is 8.71. The van der Waals surface area contributed by atoms with E-state index in [1.165, 1.54) is 0 Å². The highest BCUT2D eigenvalue weighted by Crippen LogP contribution is 2.20. The van der Waals surface area contributed by atoms with E-state index in [-0.39, 0.29) is 5.84 Å². The largest absolute Gasteiger partial charge is 0.409 e. The maximum absolute atomic E-state index is 8.71. The molecule has 3 N–H and O–H groups in total. The Labute approximate surface area is 113 Å². The zero-order valence-corrected chi connectivity index (χ0v) is 11.5. The van der Waals surface area contributed by atoms with Gasteiger partial charge in [-0.15, -0.1) is 0 Å². The molecule has 19 heavy (non-hydrogen) atoms. The number of hydrogen-bond donors (Lipinski definition) is 2. The van der Waals surface area contributed by atoms with Crippen LogP contribution in [0.4, 0.5) is 5.69 Å². The molecule has 0 amide bonds. The van der Waals surface area contributed by atoms with Crippen LogP contribution in [0.25, 0.3) is 0 Å². The standard InChI is InChI=1S/C13H21N5O/c1-3-10-9-18(7-6-17(10)2)11-4-5-15-12(8-11)13(14)16-19/h4-5,8,10,19H,3,6-7,9H2,1-2H3,(H2,14,16). The van der Waals surface area contributed by atoms with Crippen molar-refractivity contribution in [3.63, 3.8) is 0 Å². The number of oxime groups is 1. The highest BCUT2D eigenvalue weighted by atomic mass is 16.4. The van der Waals surface area contributed by atoms with Crippen LogP contribution >= 0.6 is 0 Å². The highest BCUT2D eigenvalue weighted by molar-refractivity contribution is 5.95. The van der Waals surface area contributed by atoms with Crippen LogP contribution in [0.1, 0.15) is 19.0 Å². The summed E-state index contributed by atoms with van der Waals surface area (Å²) in [6, 6.07) is 4.40. The molecule has 1 atom stereocenters. The van der Waals surface area contributed by atoms with E-state index in [9.17, 15) is 0 Å². The Morgan fingerprint density at radius 1 is 1.58 bits per heavy atom. The van der Waals surface area contributed by atoms with Gasteiger partial charge in [-0.25, -0.2) is 0 Å².